The second kappa shape index (κ2) is 19.5. The van der Waals surface area contributed by atoms with Crippen LogP contribution in [0.5, 0.6) is 0 Å². The molecule has 0 radical (unpaired) electrons. The fraction of sp³-hybridized carbons (Fsp3) is 0.635. The number of thiazole rings is 1. The topological polar surface area (TPSA) is 159 Å². The highest BCUT2D eigenvalue weighted by molar-refractivity contribution is 7.10. The number of hydrogen-bond donors (Lipinski definition) is 2. The van der Waals surface area contributed by atoms with Gasteiger partial charge in [0.2, 0.25) is 5.91 Å². The Labute approximate surface area is 403 Å². The Kier molecular flexibility index (Phi) is 13.6. The number of amides is 2. The van der Waals surface area contributed by atoms with E-state index in [1.165, 1.54) is 11.3 Å². The van der Waals surface area contributed by atoms with E-state index in [1.54, 1.807) is 12.1 Å². The number of methoxy groups -OCH3 is 1. The molecule has 5 fully saturated rings. The summed E-state index contributed by atoms with van der Waals surface area (Å²) in [6, 6.07) is 8.45. The standard InChI is InChI=1S/C52H69N7O8S/c1-31-32(2)42(31)47(60)55-44-46(57-27-52(28-57)16-9-20-65-30-52)48-54-40(26-68-48)34-12-13-41-37(24-34)38(25-51(4,5)29-67-50(62)39-11-8-18-59(56-39)49(44)61)45(36-10-7-17-53-43(36)33(3)63-6)58(41)19-23-66-35-14-21-64-22-15-35/h7,10,12-13,17,24,26,31-33,35,39,42,44,46,56H,8-9,11,14-16,18-23,25,27-30H2,1-6H3,(H,55,60)/t31-,32+,33-,39-,42?,44-,46-/m0/s1. The van der Waals surface area contributed by atoms with Crippen LogP contribution in [0.15, 0.2) is 41.9 Å². The number of carbonyl (C=O) groups excluding carboxylic acids is 3. The number of fused-ring (bicyclic) bond motifs is 6. The summed E-state index contributed by atoms with van der Waals surface area (Å²) in [6.07, 6.45) is 7.16. The van der Waals surface area contributed by atoms with Crippen molar-refractivity contribution in [1.29, 1.82) is 0 Å². The first-order valence-electron chi connectivity index (χ1n) is 25.0. The molecule has 5 aliphatic heterocycles. The van der Waals surface area contributed by atoms with Crippen LogP contribution in [0.4, 0.5) is 0 Å². The van der Waals surface area contributed by atoms with E-state index < -0.39 is 29.5 Å². The van der Waals surface area contributed by atoms with Crippen molar-refractivity contribution < 1.29 is 38.1 Å². The number of likely N-dealkylation sites (tertiary alicyclic amines) is 1. The van der Waals surface area contributed by atoms with Gasteiger partial charge in [0, 0.05) is 103 Å². The third-order valence-corrected chi connectivity index (χ3v) is 16.7. The molecule has 1 spiro atoms. The molecule has 366 valence electrons. The molecule has 6 bridgehead atoms. The van der Waals surface area contributed by atoms with Gasteiger partial charge in [0.15, 0.2) is 0 Å². The molecule has 68 heavy (non-hydrogen) atoms. The van der Waals surface area contributed by atoms with E-state index in [9.17, 15) is 9.59 Å². The number of benzene rings is 1. The predicted octanol–water partition coefficient (Wildman–Crippen LogP) is 6.89. The van der Waals surface area contributed by atoms with Crippen LogP contribution in [0.3, 0.4) is 0 Å². The smallest absolute Gasteiger partial charge is 0.324 e. The molecule has 2 amide bonds. The van der Waals surface area contributed by atoms with Crippen molar-refractivity contribution in [3.8, 4) is 22.5 Å². The van der Waals surface area contributed by atoms with Gasteiger partial charge in [-0.05, 0) is 93.5 Å². The molecule has 16 heteroatoms. The van der Waals surface area contributed by atoms with Gasteiger partial charge < -0.3 is 33.6 Å². The van der Waals surface area contributed by atoms with E-state index in [1.807, 2.05) is 19.2 Å². The molecular formula is C52H69N7O8S. The fourth-order valence-electron chi connectivity index (χ4n) is 11.6. The molecule has 1 unspecified atom stereocenters. The van der Waals surface area contributed by atoms with E-state index in [0.717, 1.165) is 95.1 Å². The second-order valence-corrected chi connectivity index (χ2v) is 22.2. The third kappa shape index (κ3) is 9.38. The van der Waals surface area contributed by atoms with Gasteiger partial charge in [-0.3, -0.25) is 29.3 Å². The summed E-state index contributed by atoms with van der Waals surface area (Å²) in [5.41, 5.74) is 9.51. The number of nitrogens with zero attached hydrogens (tertiary/aromatic N) is 5. The highest BCUT2D eigenvalue weighted by Crippen LogP contribution is 2.48. The van der Waals surface area contributed by atoms with Crippen LogP contribution >= 0.6 is 11.3 Å². The number of pyridine rings is 1. The number of hydrazine groups is 1. The van der Waals surface area contributed by atoms with Crippen molar-refractivity contribution >= 4 is 40.0 Å². The molecule has 4 aromatic rings. The predicted molar refractivity (Wildman–Crippen MR) is 258 cm³/mol. The highest BCUT2D eigenvalue weighted by atomic mass is 32.1. The number of carbonyl (C=O) groups is 3. The summed E-state index contributed by atoms with van der Waals surface area (Å²) in [7, 11) is 1.71. The zero-order valence-electron chi connectivity index (χ0n) is 40.6. The Morgan fingerprint density at radius 2 is 1.85 bits per heavy atom. The lowest BCUT2D eigenvalue weighted by Gasteiger charge is -2.55. The summed E-state index contributed by atoms with van der Waals surface area (Å²) in [5, 5.41) is 8.77. The molecule has 3 aromatic heterocycles. The lowest BCUT2D eigenvalue weighted by molar-refractivity contribution is -0.158. The first kappa shape index (κ1) is 47.4. The average molecular weight is 952 g/mol. The molecule has 8 heterocycles. The second-order valence-electron chi connectivity index (χ2n) is 21.3. The molecule has 1 aliphatic carbocycles. The normalized spacial score (nSPS) is 28.2. The molecule has 4 saturated heterocycles. The van der Waals surface area contributed by atoms with Crippen molar-refractivity contribution in [2.45, 2.75) is 116 Å². The average Bonchev–Trinajstić information content (AvgIpc) is 3.59. The van der Waals surface area contributed by atoms with E-state index >= 15 is 4.79 Å². The van der Waals surface area contributed by atoms with Crippen molar-refractivity contribution in [3.63, 3.8) is 0 Å². The van der Waals surface area contributed by atoms with Crippen LogP contribution in [-0.4, -0.2) is 127 Å². The Hall–Kier alpha value is -4.29. The number of cyclic esters (lactones) is 1. The maximum Gasteiger partial charge on any atom is 0.324 e. The number of hydrogen-bond acceptors (Lipinski definition) is 13. The first-order chi connectivity index (χ1) is 32.8. The van der Waals surface area contributed by atoms with Crippen LogP contribution in [0.25, 0.3) is 33.4 Å². The van der Waals surface area contributed by atoms with E-state index in [0.29, 0.717) is 58.8 Å². The summed E-state index contributed by atoms with van der Waals surface area (Å²) in [6.45, 7) is 16.4. The number of aromatic nitrogens is 3. The molecule has 1 saturated carbocycles. The Bertz CT molecular complexity index is 2480. The number of rotatable bonds is 10. The van der Waals surface area contributed by atoms with Gasteiger partial charge in [0.1, 0.15) is 17.1 Å². The fourth-order valence-corrected chi connectivity index (χ4v) is 12.6. The van der Waals surface area contributed by atoms with Crippen molar-refractivity contribution in [2.24, 2.45) is 28.6 Å². The van der Waals surface area contributed by atoms with Crippen LogP contribution in [0.2, 0.25) is 0 Å². The summed E-state index contributed by atoms with van der Waals surface area (Å²) >= 11 is 1.53. The van der Waals surface area contributed by atoms with Crippen molar-refractivity contribution in [1.82, 2.24) is 35.2 Å². The lowest BCUT2D eigenvalue weighted by Crippen LogP contribution is -2.67. The minimum atomic E-state index is -0.958. The lowest BCUT2D eigenvalue weighted by atomic mass is 9.74. The molecule has 2 N–H and O–H groups in total. The summed E-state index contributed by atoms with van der Waals surface area (Å²) < 4.78 is 32.8. The van der Waals surface area contributed by atoms with Crippen LogP contribution in [0, 0.1) is 28.6 Å². The van der Waals surface area contributed by atoms with Crippen LogP contribution in [-0.2, 0) is 51.0 Å². The molecule has 15 nitrogen and oxygen atoms in total. The van der Waals surface area contributed by atoms with E-state index in [4.69, 9.17) is 33.7 Å². The van der Waals surface area contributed by atoms with Crippen LogP contribution in [0.1, 0.15) is 102 Å². The minimum absolute atomic E-state index is 0.00910. The van der Waals surface area contributed by atoms with Gasteiger partial charge >= 0.3 is 5.97 Å². The van der Waals surface area contributed by atoms with Gasteiger partial charge in [-0.15, -0.1) is 11.3 Å². The molecule has 1 aromatic carbocycles. The minimum Gasteiger partial charge on any atom is -0.464 e. The largest absolute Gasteiger partial charge is 0.464 e. The number of esters is 1. The molecule has 6 aliphatic rings. The zero-order valence-corrected chi connectivity index (χ0v) is 41.4. The maximum atomic E-state index is 15.2. The quantitative estimate of drug-likeness (QED) is 0.159. The summed E-state index contributed by atoms with van der Waals surface area (Å²) in [4.78, 5) is 56.2. The Morgan fingerprint density at radius 3 is 2.60 bits per heavy atom. The Balaban J connectivity index is 1.12. The van der Waals surface area contributed by atoms with E-state index in [-0.39, 0.29) is 53.8 Å². The maximum absolute atomic E-state index is 15.2. The number of ether oxygens (including phenoxy) is 5. The van der Waals surface area contributed by atoms with Crippen LogP contribution < -0.4 is 10.7 Å². The van der Waals surface area contributed by atoms with Gasteiger partial charge in [-0.1, -0.05) is 33.8 Å². The first-order valence-corrected chi connectivity index (χ1v) is 25.9. The third-order valence-electron chi connectivity index (χ3n) is 15.8. The Morgan fingerprint density at radius 1 is 1.04 bits per heavy atom. The molecular weight excluding hydrogens is 883 g/mol. The molecule has 7 atom stereocenters. The monoisotopic (exact) mass is 951 g/mol. The van der Waals surface area contributed by atoms with Gasteiger partial charge in [-0.2, -0.15) is 0 Å². The van der Waals surface area contributed by atoms with Gasteiger partial charge in [0.05, 0.1) is 55.2 Å². The van der Waals surface area contributed by atoms with Gasteiger partial charge in [-0.25, -0.2) is 10.4 Å². The SMILES string of the molecule is CO[C@@H](C)c1ncccc1-c1c2c3cc(ccc3n1CCOC1CCOCC1)-c1csc(n1)[C@@H](N1CC3(CCCOC3)C1)[C@H](NC(=O)C1[C@@H](C)[C@H]1C)C(=O)N1CCC[C@H](N1)C(=O)OCC(C)(C)C2. The summed E-state index contributed by atoms with van der Waals surface area (Å²) in [5.74, 6) is -0.531. The number of nitrogens with one attached hydrogen (secondary N) is 2. The molecule has 10 rings (SSSR count). The van der Waals surface area contributed by atoms with Crippen molar-refractivity contribution in [3.05, 3.63) is 58.2 Å². The van der Waals surface area contributed by atoms with Crippen molar-refractivity contribution in [2.75, 3.05) is 66.4 Å². The van der Waals surface area contributed by atoms with Gasteiger partial charge in [0.25, 0.3) is 5.91 Å². The highest BCUT2D eigenvalue weighted by Gasteiger charge is 2.54. The van der Waals surface area contributed by atoms with E-state index in [2.05, 4.69) is 77.6 Å². The zero-order chi connectivity index (χ0) is 47.3.